The van der Waals surface area contributed by atoms with Crippen molar-refractivity contribution in [1.82, 2.24) is 30.3 Å². The number of aromatic amines is 1. The molecule has 1 aromatic carbocycles. The zero-order chi connectivity index (χ0) is 20.5. The lowest BCUT2D eigenvalue weighted by Gasteiger charge is -2.19. The van der Waals surface area contributed by atoms with Crippen molar-refractivity contribution in [3.8, 4) is 0 Å². The molecule has 9 nitrogen and oxygen atoms in total. The van der Waals surface area contributed by atoms with Gasteiger partial charge in [0, 0.05) is 26.1 Å². The minimum absolute atomic E-state index is 0.0281. The molecule has 0 unspecified atom stereocenters. The minimum Gasteiger partial charge on any atom is -0.337 e. The number of fused-ring (bicyclic) bond motifs is 1. The van der Waals surface area contributed by atoms with Crippen LogP contribution in [0.2, 0.25) is 0 Å². The number of benzene rings is 1. The Morgan fingerprint density at radius 2 is 2.03 bits per heavy atom. The summed E-state index contributed by atoms with van der Waals surface area (Å²) in [6.07, 6.45) is 0.996. The van der Waals surface area contributed by atoms with E-state index in [1.54, 1.807) is 11.7 Å². The van der Waals surface area contributed by atoms with Gasteiger partial charge in [0.1, 0.15) is 17.7 Å². The van der Waals surface area contributed by atoms with Crippen molar-refractivity contribution in [2.75, 3.05) is 11.9 Å². The van der Waals surface area contributed by atoms with Gasteiger partial charge in [0.15, 0.2) is 0 Å². The molecule has 0 bridgehead atoms. The fourth-order valence-electron chi connectivity index (χ4n) is 3.42. The van der Waals surface area contributed by atoms with Crippen molar-refractivity contribution in [2.45, 2.75) is 39.3 Å². The molecule has 150 valence electrons. The van der Waals surface area contributed by atoms with E-state index in [0.29, 0.717) is 25.2 Å². The molecule has 1 aliphatic heterocycles. The highest BCUT2D eigenvalue weighted by molar-refractivity contribution is 6.00. The molecule has 0 fully saturated rings. The van der Waals surface area contributed by atoms with Gasteiger partial charge in [-0.15, -0.1) is 5.10 Å². The van der Waals surface area contributed by atoms with E-state index in [0.717, 1.165) is 17.1 Å². The maximum absolute atomic E-state index is 12.8. The topological polar surface area (TPSA) is 109 Å². The molecule has 0 saturated heterocycles. The van der Waals surface area contributed by atoms with Gasteiger partial charge >= 0.3 is 0 Å². The lowest BCUT2D eigenvalue weighted by atomic mass is 10.1. The number of rotatable bonds is 4. The fourth-order valence-corrected chi connectivity index (χ4v) is 3.42. The number of hydrogen-bond acceptors (Lipinski definition) is 5. The number of amides is 2. The third-order valence-electron chi connectivity index (χ3n) is 5.02. The molecule has 29 heavy (non-hydrogen) atoms. The van der Waals surface area contributed by atoms with Gasteiger partial charge in [-0.05, 0) is 25.8 Å². The number of H-pyrrole nitrogens is 1. The minimum atomic E-state index is -0.659. The summed E-state index contributed by atoms with van der Waals surface area (Å²) >= 11 is 0. The average Bonchev–Trinajstić information content (AvgIpc) is 3.29. The quantitative estimate of drug-likeness (QED) is 0.696. The van der Waals surface area contributed by atoms with Crippen LogP contribution in [0.4, 0.5) is 5.82 Å². The van der Waals surface area contributed by atoms with Gasteiger partial charge in [0.25, 0.3) is 11.8 Å². The van der Waals surface area contributed by atoms with E-state index in [-0.39, 0.29) is 11.7 Å². The number of likely N-dealkylation sites (N-methyl/N-ethyl adjacent to an activating group) is 1. The second-order valence-corrected chi connectivity index (χ2v) is 7.35. The highest BCUT2D eigenvalue weighted by Crippen LogP contribution is 2.21. The summed E-state index contributed by atoms with van der Waals surface area (Å²) in [6.45, 7) is 4.45. The summed E-state index contributed by atoms with van der Waals surface area (Å²) < 4.78 is 1.78. The number of nitrogens with one attached hydrogen (secondary N) is 2. The van der Waals surface area contributed by atoms with E-state index in [9.17, 15) is 9.59 Å². The lowest BCUT2D eigenvalue weighted by molar-refractivity contribution is -0.120. The second kappa shape index (κ2) is 7.50. The van der Waals surface area contributed by atoms with Gasteiger partial charge in [-0.3, -0.25) is 19.6 Å². The maximum atomic E-state index is 12.8. The van der Waals surface area contributed by atoms with Crippen molar-refractivity contribution in [3.63, 3.8) is 0 Å². The molecule has 4 rings (SSSR count). The number of aryl methyl sites for hydroxylation is 3. The lowest BCUT2D eigenvalue weighted by Crippen LogP contribution is -2.47. The average molecular weight is 393 g/mol. The summed E-state index contributed by atoms with van der Waals surface area (Å²) in [7, 11) is 1.69. The molecule has 1 aliphatic rings. The number of carbonyl (C=O) groups is 2. The second-order valence-electron chi connectivity index (χ2n) is 7.35. The van der Waals surface area contributed by atoms with Gasteiger partial charge in [-0.25, -0.2) is 9.67 Å². The zero-order valence-corrected chi connectivity index (χ0v) is 16.6. The number of aromatic nitrogens is 5. The number of nitrogens with zero attached hydrogens (tertiary/aromatic N) is 5. The van der Waals surface area contributed by atoms with Crippen LogP contribution in [-0.4, -0.2) is 49.9 Å². The highest BCUT2D eigenvalue weighted by Gasteiger charge is 2.31. The number of anilines is 1. The van der Waals surface area contributed by atoms with E-state index in [2.05, 4.69) is 25.6 Å². The molecule has 2 N–H and O–H groups in total. The van der Waals surface area contributed by atoms with Gasteiger partial charge < -0.3 is 5.32 Å². The van der Waals surface area contributed by atoms with Crippen molar-refractivity contribution in [1.29, 1.82) is 0 Å². The zero-order valence-electron chi connectivity index (χ0n) is 16.6. The van der Waals surface area contributed by atoms with Gasteiger partial charge in [0.2, 0.25) is 5.82 Å². The van der Waals surface area contributed by atoms with Crippen LogP contribution >= 0.6 is 0 Å². The first-order valence-corrected chi connectivity index (χ1v) is 9.50. The molecular weight excluding hydrogens is 370 g/mol. The summed E-state index contributed by atoms with van der Waals surface area (Å²) in [5.41, 5.74) is 3.11. The Bertz CT molecular complexity index is 1050. The van der Waals surface area contributed by atoms with E-state index in [4.69, 9.17) is 0 Å². The van der Waals surface area contributed by atoms with Crippen LogP contribution < -0.4 is 10.2 Å². The normalized spacial score (nSPS) is 16.4. The Morgan fingerprint density at radius 3 is 2.79 bits per heavy atom. The van der Waals surface area contributed by atoms with E-state index < -0.39 is 11.9 Å². The van der Waals surface area contributed by atoms with E-state index >= 15 is 0 Å². The summed E-state index contributed by atoms with van der Waals surface area (Å²) in [5, 5.41) is 14.0. The molecule has 1 atom stereocenters. The van der Waals surface area contributed by atoms with Crippen LogP contribution in [0.1, 0.15) is 39.7 Å². The summed E-state index contributed by atoms with van der Waals surface area (Å²) in [5.74, 6) is 0.688. The molecule has 9 heteroatoms. The predicted molar refractivity (Wildman–Crippen MR) is 107 cm³/mol. The molecular formula is C20H23N7O2. The molecule has 0 spiro atoms. The first kappa shape index (κ1) is 18.9. The van der Waals surface area contributed by atoms with E-state index in [1.165, 1.54) is 10.5 Å². The van der Waals surface area contributed by atoms with Crippen LogP contribution in [0.25, 0.3) is 0 Å². The fraction of sp³-hybridized carbons (Fsp3) is 0.350. The summed E-state index contributed by atoms with van der Waals surface area (Å²) in [6, 6.07) is 9.29. The Kier molecular flexibility index (Phi) is 4.87. The molecule has 0 aliphatic carbocycles. The molecule has 3 aromatic rings. The van der Waals surface area contributed by atoms with Crippen molar-refractivity contribution in [3.05, 3.63) is 58.8 Å². The number of hydrogen-bond donors (Lipinski definition) is 2. The van der Waals surface area contributed by atoms with Crippen molar-refractivity contribution >= 4 is 17.6 Å². The van der Waals surface area contributed by atoms with Crippen molar-refractivity contribution < 1.29 is 9.59 Å². The Balaban J connectivity index is 1.43. The van der Waals surface area contributed by atoms with Crippen LogP contribution in [0.15, 0.2) is 30.3 Å². The smallest absolute Gasteiger partial charge is 0.291 e. The van der Waals surface area contributed by atoms with Crippen molar-refractivity contribution in [2.24, 2.45) is 0 Å². The van der Waals surface area contributed by atoms with Crippen LogP contribution in [0, 0.1) is 13.8 Å². The highest BCUT2D eigenvalue weighted by atomic mass is 16.2. The molecule has 0 saturated carbocycles. The number of carbonyl (C=O) groups excluding carboxylic acids is 2. The van der Waals surface area contributed by atoms with Gasteiger partial charge in [-0.1, -0.05) is 29.8 Å². The monoisotopic (exact) mass is 393 g/mol. The standard InChI is InChI=1S/C20H23N7O2/c1-12-4-6-14(7-5-12)11-16-22-18(24-23-16)19(28)21-15-8-9-27-17(10-13(2)25-27)26(3)20(15)29/h4-7,10,15H,8-9,11H2,1-3H3,(H,21,28)(H,22,23,24)/t15-/m1/s1. The first-order chi connectivity index (χ1) is 13.9. The predicted octanol–water partition coefficient (Wildman–Crippen LogP) is 1.37. The molecule has 3 heterocycles. The van der Waals surface area contributed by atoms with Crippen LogP contribution in [0.3, 0.4) is 0 Å². The third-order valence-corrected chi connectivity index (χ3v) is 5.02. The van der Waals surface area contributed by atoms with Gasteiger partial charge in [-0.2, -0.15) is 5.10 Å². The Morgan fingerprint density at radius 1 is 1.28 bits per heavy atom. The molecule has 2 aromatic heterocycles. The third kappa shape index (κ3) is 3.89. The first-order valence-electron chi connectivity index (χ1n) is 9.50. The maximum Gasteiger partial charge on any atom is 0.291 e. The molecule has 2 amide bonds. The van der Waals surface area contributed by atoms with Crippen LogP contribution in [-0.2, 0) is 17.8 Å². The SMILES string of the molecule is Cc1ccc(Cc2nc(C(=O)N[C@@H]3CCn4nc(C)cc4N(C)C3=O)n[nH]2)cc1. The Hall–Kier alpha value is -3.49. The largest absolute Gasteiger partial charge is 0.337 e. The summed E-state index contributed by atoms with van der Waals surface area (Å²) in [4.78, 5) is 31.2. The van der Waals surface area contributed by atoms with E-state index in [1.807, 2.05) is 44.2 Å². The Labute approximate surface area is 168 Å². The molecule has 0 radical (unpaired) electrons. The van der Waals surface area contributed by atoms with Gasteiger partial charge in [0.05, 0.1) is 5.69 Å². The van der Waals surface area contributed by atoms with Crippen LogP contribution in [0.5, 0.6) is 0 Å².